The van der Waals surface area contributed by atoms with E-state index in [2.05, 4.69) is 0 Å². The number of carbonyl (C=O) groups is 1. The maximum atomic E-state index is 13.5. The first-order valence-corrected chi connectivity index (χ1v) is 5.21. The molecule has 0 spiro atoms. The summed E-state index contributed by atoms with van der Waals surface area (Å²) in [6.45, 7) is 0. The van der Waals surface area contributed by atoms with Gasteiger partial charge in [-0.3, -0.25) is 4.79 Å². The molecule has 2 nitrogen and oxygen atoms in total. The lowest BCUT2D eigenvalue weighted by Gasteiger charge is -2.32. The number of benzene rings is 1. The summed E-state index contributed by atoms with van der Waals surface area (Å²) in [6, 6.07) is 3.49. The van der Waals surface area contributed by atoms with Crippen molar-refractivity contribution in [1.29, 1.82) is 0 Å². The van der Waals surface area contributed by atoms with Crippen LogP contribution in [-0.2, 0) is 10.4 Å². The monoisotopic (exact) mass is 226 g/mol. The van der Waals surface area contributed by atoms with Crippen LogP contribution in [0.2, 0.25) is 0 Å². The van der Waals surface area contributed by atoms with E-state index in [4.69, 9.17) is 0 Å². The number of ketones is 1. The molecule has 4 heteroatoms. The first-order chi connectivity index (χ1) is 7.53. The molecule has 1 saturated carbocycles. The van der Waals surface area contributed by atoms with Crippen LogP contribution in [0.4, 0.5) is 8.78 Å². The highest BCUT2D eigenvalue weighted by Gasteiger charge is 2.38. The maximum absolute atomic E-state index is 13.5. The second-order valence-corrected chi connectivity index (χ2v) is 4.17. The third-order valence-corrected chi connectivity index (χ3v) is 3.06. The average molecular weight is 226 g/mol. The zero-order valence-corrected chi connectivity index (χ0v) is 8.67. The van der Waals surface area contributed by atoms with E-state index in [0.29, 0.717) is 0 Å². The van der Waals surface area contributed by atoms with Crippen molar-refractivity contribution < 1.29 is 18.7 Å². The molecule has 2 rings (SSSR count). The number of carbonyl (C=O) groups excluding carboxylic acids is 1. The molecule has 0 unspecified atom stereocenters. The Bertz CT molecular complexity index is 399. The van der Waals surface area contributed by atoms with Crippen molar-refractivity contribution in [2.24, 2.45) is 0 Å². The first kappa shape index (κ1) is 11.2. The minimum absolute atomic E-state index is 0.0291. The molecule has 1 N–H and O–H groups in total. The molecular formula is C12H12F2O2. The molecule has 1 aliphatic rings. The fourth-order valence-electron chi connectivity index (χ4n) is 2.13. The van der Waals surface area contributed by atoms with Crippen LogP contribution in [0.5, 0.6) is 0 Å². The molecule has 86 valence electrons. The molecule has 0 saturated heterocycles. The topological polar surface area (TPSA) is 37.3 Å². The lowest BCUT2D eigenvalue weighted by molar-refractivity contribution is -0.126. The molecule has 0 atom stereocenters. The van der Waals surface area contributed by atoms with Gasteiger partial charge in [0.15, 0.2) is 0 Å². The Balaban J connectivity index is 2.39. The largest absolute Gasteiger partial charge is 0.385 e. The van der Waals surface area contributed by atoms with Gasteiger partial charge in [-0.2, -0.15) is 0 Å². The van der Waals surface area contributed by atoms with Crippen molar-refractivity contribution in [3.63, 3.8) is 0 Å². The number of Topliss-reactive ketones (excluding diaryl/α,β-unsaturated/α-hetero) is 1. The zero-order valence-electron chi connectivity index (χ0n) is 8.67. The van der Waals surface area contributed by atoms with E-state index >= 15 is 0 Å². The second kappa shape index (κ2) is 3.94. The Hall–Kier alpha value is -1.29. The van der Waals surface area contributed by atoms with E-state index < -0.39 is 17.2 Å². The molecule has 1 fully saturated rings. The molecule has 1 aromatic carbocycles. The summed E-state index contributed by atoms with van der Waals surface area (Å²) < 4.78 is 27.0. The standard InChI is InChI=1S/C12H12F2O2/c13-9-2-1-3-10(14)11(9)12(16)6-4-8(15)5-7-12/h1-3,16H,4-7H2. The quantitative estimate of drug-likeness (QED) is 0.797. The third kappa shape index (κ3) is 1.85. The van der Waals surface area contributed by atoms with Crippen LogP contribution in [0.25, 0.3) is 0 Å². The Morgan fingerprint density at radius 3 is 2.12 bits per heavy atom. The van der Waals surface area contributed by atoms with Gasteiger partial charge in [0.2, 0.25) is 0 Å². The van der Waals surface area contributed by atoms with Gasteiger partial charge in [-0.05, 0) is 25.0 Å². The number of hydrogen-bond acceptors (Lipinski definition) is 2. The van der Waals surface area contributed by atoms with Crippen LogP contribution in [0.1, 0.15) is 31.2 Å². The third-order valence-electron chi connectivity index (χ3n) is 3.06. The van der Waals surface area contributed by atoms with E-state index in [-0.39, 0.29) is 37.0 Å². The van der Waals surface area contributed by atoms with Crippen molar-refractivity contribution in [2.75, 3.05) is 0 Å². The molecule has 16 heavy (non-hydrogen) atoms. The fraction of sp³-hybridized carbons (Fsp3) is 0.417. The van der Waals surface area contributed by atoms with E-state index in [1.54, 1.807) is 0 Å². The predicted molar refractivity (Wildman–Crippen MR) is 53.7 cm³/mol. The van der Waals surface area contributed by atoms with Gasteiger partial charge < -0.3 is 5.11 Å². The minimum atomic E-state index is -1.54. The van der Waals surface area contributed by atoms with Crippen molar-refractivity contribution in [3.05, 3.63) is 35.4 Å². The highest BCUT2D eigenvalue weighted by atomic mass is 19.1. The van der Waals surface area contributed by atoms with E-state index in [1.807, 2.05) is 0 Å². The van der Waals surface area contributed by atoms with Crippen molar-refractivity contribution in [2.45, 2.75) is 31.3 Å². The highest BCUT2D eigenvalue weighted by molar-refractivity contribution is 5.79. The van der Waals surface area contributed by atoms with Gasteiger partial charge in [0.05, 0.1) is 11.2 Å². The van der Waals surface area contributed by atoms with Gasteiger partial charge in [-0.1, -0.05) is 6.07 Å². The number of aliphatic hydroxyl groups is 1. The van der Waals surface area contributed by atoms with Crippen LogP contribution in [0, 0.1) is 11.6 Å². The molecule has 0 heterocycles. The van der Waals surface area contributed by atoms with Crippen molar-refractivity contribution >= 4 is 5.78 Å². The predicted octanol–water partition coefficient (Wildman–Crippen LogP) is 2.30. The lowest BCUT2D eigenvalue weighted by atomic mass is 9.79. The molecule has 1 aromatic rings. The summed E-state index contributed by atoms with van der Waals surface area (Å²) in [7, 11) is 0. The first-order valence-electron chi connectivity index (χ1n) is 5.21. The Labute approximate surface area is 91.9 Å². The number of hydrogen-bond donors (Lipinski definition) is 1. The molecule has 1 aliphatic carbocycles. The normalized spacial score (nSPS) is 19.8. The fourth-order valence-corrected chi connectivity index (χ4v) is 2.13. The summed E-state index contributed by atoms with van der Waals surface area (Å²) in [4.78, 5) is 11.1. The highest BCUT2D eigenvalue weighted by Crippen LogP contribution is 2.38. The SMILES string of the molecule is O=C1CCC(O)(c2c(F)cccc2F)CC1. The van der Waals surface area contributed by atoms with E-state index in [1.165, 1.54) is 6.07 Å². The molecule has 0 radical (unpaired) electrons. The van der Waals surface area contributed by atoms with Gasteiger partial charge in [-0.15, -0.1) is 0 Å². The molecular weight excluding hydrogens is 214 g/mol. The van der Waals surface area contributed by atoms with Crippen LogP contribution < -0.4 is 0 Å². The van der Waals surface area contributed by atoms with E-state index in [0.717, 1.165) is 12.1 Å². The van der Waals surface area contributed by atoms with Gasteiger partial charge in [-0.25, -0.2) is 8.78 Å². The van der Waals surface area contributed by atoms with Gasteiger partial charge >= 0.3 is 0 Å². The smallest absolute Gasteiger partial charge is 0.133 e. The van der Waals surface area contributed by atoms with Gasteiger partial charge in [0.25, 0.3) is 0 Å². The summed E-state index contributed by atoms with van der Waals surface area (Å²) in [5, 5.41) is 10.2. The van der Waals surface area contributed by atoms with Crippen molar-refractivity contribution in [1.82, 2.24) is 0 Å². The maximum Gasteiger partial charge on any atom is 0.133 e. The lowest BCUT2D eigenvalue weighted by Crippen LogP contribution is -2.33. The Morgan fingerprint density at radius 1 is 1.12 bits per heavy atom. The average Bonchev–Trinajstić information content (AvgIpc) is 2.23. The van der Waals surface area contributed by atoms with Gasteiger partial charge in [0.1, 0.15) is 17.4 Å². The van der Waals surface area contributed by atoms with Crippen LogP contribution in [0.15, 0.2) is 18.2 Å². The summed E-state index contributed by atoms with van der Waals surface area (Å²) >= 11 is 0. The van der Waals surface area contributed by atoms with Gasteiger partial charge in [0, 0.05) is 12.8 Å². The Kier molecular flexibility index (Phi) is 2.76. The second-order valence-electron chi connectivity index (χ2n) is 4.17. The summed E-state index contributed by atoms with van der Waals surface area (Å²) in [5.41, 5.74) is -1.84. The van der Waals surface area contributed by atoms with Crippen molar-refractivity contribution in [3.8, 4) is 0 Å². The van der Waals surface area contributed by atoms with Crippen LogP contribution in [0.3, 0.4) is 0 Å². The number of halogens is 2. The number of rotatable bonds is 1. The molecule has 0 bridgehead atoms. The molecule has 0 aromatic heterocycles. The zero-order chi connectivity index (χ0) is 11.8. The Morgan fingerprint density at radius 2 is 1.62 bits per heavy atom. The molecule has 0 aliphatic heterocycles. The van der Waals surface area contributed by atoms with Crippen LogP contribution >= 0.6 is 0 Å². The van der Waals surface area contributed by atoms with E-state index in [9.17, 15) is 18.7 Å². The summed E-state index contributed by atoms with van der Waals surface area (Å²) in [6.07, 6.45) is 0.516. The summed E-state index contributed by atoms with van der Waals surface area (Å²) in [5.74, 6) is -1.48. The van der Waals surface area contributed by atoms with Crippen LogP contribution in [-0.4, -0.2) is 10.9 Å². The minimum Gasteiger partial charge on any atom is -0.385 e. The molecule has 0 amide bonds.